The van der Waals surface area contributed by atoms with Crippen LogP contribution in [0.25, 0.3) is 0 Å². The first kappa shape index (κ1) is 18.5. The molecule has 5 nitrogen and oxygen atoms in total. The average Bonchev–Trinajstić information content (AvgIpc) is 2.60. The fraction of sp³-hybridized carbons (Fsp3) is 0.300. The Morgan fingerprint density at radius 2 is 1.72 bits per heavy atom. The minimum Gasteiger partial charge on any atom is -0.494 e. The highest BCUT2D eigenvalue weighted by Crippen LogP contribution is 2.21. The summed E-state index contributed by atoms with van der Waals surface area (Å²) >= 11 is 0. The number of rotatable bonds is 8. The molecule has 25 heavy (non-hydrogen) atoms. The number of carboxylic acids is 1. The van der Waals surface area contributed by atoms with Crippen molar-refractivity contribution in [1.29, 1.82) is 0 Å². The molecule has 0 saturated heterocycles. The Labute approximate surface area is 147 Å². The van der Waals surface area contributed by atoms with Gasteiger partial charge < -0.3 is 15.2 Å². The molecule has 2 rings (SSSR count). The van der Waals surface area contributed by atoms with E-state index >= 15 is 0 Å². The second kappa shape index (κ2) is 8.87. The number of carbonyl (C=O) groups is 2. The Kier molecular flexibility index (Phi) is 6.57. The van der Waals surface area contributed by atoms with Gasteiger partial charge in [-0.2, -0.15) is 0 Å². The number of hydrogen-bond acceptors (Lipinski definition) is 3. The van der Waals surface area contributed by atoms with Crippen LogP contribution in [0.3, 0.4) is 0 Å². The van der Waals surface area contributed by atoms with Crippen molar-refractivity contribution >= 4 is 11.9 Å². The van der Waals surface area contributed by atoms with Crippen LogP contribution >= 0.6 is 0 Å². The quantitative estimate of drug-likeness (QED) is 0.767. The molecule has 0 aromatic heterocycles. The van der Waals surface area contributed by atoms with Crippen LogP contribution < -0.4 is 10.1 Å². The summed E-state index contributed by atoms with van der Waals surface area (Å²) in [5.74, 6) is -0.539. The summed E-state index contributed by atoms with van der Waals surface area (Å²) in [6.07, 6.45) is 0.725. The minimum atomic E-state index is -0.972. The van der Waals surface area contributed by atoms with Gasteiger partial charge in [-0.1, -0.05) is 36.8 Å². The third-order valence-corrected chi connectivity index (χ3v) is 3.75. The Balaban J connectivity index is 2.13. The molecule has 0 radical (unpaired) electrons. The van der Waals surface area contributed by atoms with Crippen LogP contribution in [0, 0.1) is 6.92 Å². The van der Waals surface area contributed by atoms with Gasteiger partial charge in [0.1, 0.15) is 5.75 Å². The van der Waals surface area contributed by atoms with Gasteiger partial charge in [-0.15, -0.1) is 0 Å². The van der Waals surface area contributed by atoms with Crippen molar-refractivity contribution in [2.24, 2.45) is 0 Å². The Bertz CT molecular complexity index is 707. The minimum absolute atomic E-state index is 0.188. The van der Waals surface area contributed by atoms with Gasteiger partial charge in [0.15, 0.2) is 0 Å². The van der Waals surface area contributed by atoms with Gasteiger partial charge in [0.25, 0.3) is 5.91 Å². The molecule has 0 aliphatic rings. The number of carbonyl (C=O) groups excluding carboxylic acids is 1. The highest BCUT2D eigenvalue weighted by atomic mass is 16.5. The van der Waals surface area contributed by atoms with Gasteiger partial charge in [-0.05, 0) is 43.2 Å². The highest BCUT2D eigenvalue weighted by molar-refractivity contribution is 5.94. The lowest BCUT2D eigenvalue weighted by molar-refractivity contribution is -0.137. The number of hydrogen-bond donors (Lipinski definition) is 2. The van der Waals surface area contributed by atoms with Gasteiger partial charge in [-0.3, -0.25) is 9.59 Å². The van der Waals surface area contributed by atoms with Crippen LogP contribution in [-0.2, 0) is 4.79 Å². The van der Waals surface area contributed by atoms with E-state index < -0.39 is 12.0 Å². The molecule has 0 bridgehead atoms. The fourth-order valence-electron chi connectivity index (χ4n) is 2.39. The number of benzene rings is 2. The predicted octanol–water partition coefficient (Wildman–Crippen LogP) is 3.73. The number of ether oxygens (including phenoxy) is 1. The van der Waals surface area contributed by atoms with Crippen LogP contribution in [0.2, 0.25) is 0 Å². The number of aliphatic carboxylic acids is 1. The van der Waals surface area contributed by atoms with Gasteiger partial charge in [0.2, 0.25) is 0 Å². The van der Waals surface area contributed by atoms with E-state index in [0.29, 0.717) is 12.2 Å². The number of amides is 1. The van der Waals surface area contributed by atoms with Crippen molar-refractivity contribution in [3.05, 3.63) is 65.2 Å². The summed E-state index contributed by atoms with van der Waals surface area (Å²) in [5.41, 5.74) is 2.29. The third-order valence-electron chi connectivity index (χ3n) is 3.75. The van der Waals surface area contributed by atoms with Gasteiger partial charge in [0.05, 0.1) is 19.1 Å². The van der Waals surface area contributed by atoms with Crippen molar-refractivity contribution in [2.75, 3.05) is 6.61 Å². The molecule has 2 N–H and O–H groups in total. The highest BCUT2D eigenvalue weighted by Gasteiger charge is 2.19. The van der Waals surface area contributed by atoms with E-state index in [9.17, 15) is 9.59 Å². The van der Waals surface area contributed by atoms with E-state index in [1.165, 1.54) is 0 Å². The molecule has 5 heteroatoms. The van der Waals surface area contributed by atoms with E-state index in [-0.39, 0.29) is 12.3 Å². The van der Waals surface area contributed by atoms with Gasteiger partial charge >= 0.3 is 5.97 Å². The molecule has 1 atom stereocenters. The maximum Gasteiger partial charge on any atom is 0.305 e. The predicted molar refractivity (Wildman–Crippen MR) is 95.9 cm³/mol. The second-order valence-corrected chi connectivity index (χ2v) is 5.91. The third kappa shape index (κ3) is 5.64. The second-order valence-electron chi connectivity index (χ2n) is 5.91. The van der Waals surface area contributed by atoms with Crippen LogP contribution in [0.5, 0.6) is 5.75 Å². The molecule has 1 amide bonds. The molecule has 0 aliphatic carbocycles. The molecule has 0 saturated carbocycles. The van der Waals surface area contributed by atoms with E-state index in [1.54, 1.807) is 36.4 Å². The van der Waals surface area contributed by atoms with E-state index in [1.807, 2.05) is 26.0 Å². The summed E-state index contributed by atoms with van der Waals surface area (Å²) in [6, 6.07) is 13.7. The van der Waals surface area contributed by atoms with Crippen molar-refractivity contribution in [1.82, 2.24) is 5.32 Å². The summed E-state index contributed by atoms with van der Waals surface area (Å²) in [6.45, 7) is 4.59. The monoisotopic (exact) mass is 341 g/mol. The van der Waals surface area contributed by atoms with Gasteiger partial charge in [-0.25, -0.2) is 0 Å². The molecule has 2 aromatic carbocycles. The molecule has 0 spiro atoms. The van der Waals surface area contributed by atoms with E-state index in [0.717, 1.165) is 23.3 Å². The first-order chi connectivity index (χ1) is 12.0. The first-order valence-corrected chi connectivity index (χ1v) is 8.31. The molecular formula is C20H23NO4. The number of nitrogens with one attached hydrogen (secondary N) is 1. The lowest BCUT2D eigenvalue weighted by Crippen LogP contribution is -2.30. The summed E-state index contributed by atoms with van der Waals surface area (Å²) in [5, 5.41) is 12.0. The van der Waals surface area contributed by atoms with Crippen molar-refractivity contribution in [3.8, 4) is 5.75 Å². The van der Waals surface area contributed by atoms with Crippen LogP contribution in [0.15, 0.2) is 48.5 Å². The molecule has 132 valence electrons. The first-order valence-electron chi connectivity index (χ1n) is 8.31. The van der Waals surface area contributed by atoms with Crippen LogP contribution in [0.1, 0.15) is 47.3 Å². The SMILES string of the molecule is CCCOc1ccc(C(CC(=O)O)NC(=O)c2ccc(C)cc2)cc1. The number of aryl methyl sites for hydroxylation is 1. The summed E-state index contributed by atoms with van der Waals surface area (Å²) < 4.78 is 5.53. The molecule has 1 unspecified atom stereocenters. The lowest BCUT2D eigenvalue weighted by atomic mass is 10.0. The topological polar surface area (TPSA) is 75.6 Å². The van der Waals surface area contributed by atoms with Crippen LogP contribution in [-0.4, -0.2) is 23.6 Å². The zero-order chi connectivity index (χ0) is 18.2. The maximum absolute atomic E-state index is 12.4. The Morgan fingerprint density at radius 3 is 2.28 bits per heavy atom. The maximum atomic E-state index is 12.4. The normalized spacial score (nSPS) is 11.6. The molecule has 0 heterocycles. The summed E-state index contributed by atoms with van der Waals surface area (Å²) in [7, 11) is 0. The molecular weight excluding hydrogens is 318 g/mol. The molecule has 0 aliphatic heterocycles. The average molecular weight is 341 g/mol. The Hall–Kier alpha value is -2.82. The number of carboxylic acid groups (broad SMARTS) is 1. The summed E-state index contributed by atoms with van der Waals surface area (Å²) in [4.78, 5) is 23.6. The van der Waals surface area contributed by atoms with Crippen molar-refractivity contribution < 1.29 is 19.4 Å². The van der Waals surface area contributed by atoms with E-state index in [2.05, 4.69) is 5.32 Å². The van der Waals surface area contributed by atoms with Crippen LogP contribution in [0.4, 0.5) is 0 Å². The lowest BCUT2D eigenvalue weighted by Gasteiger charge is -2.18. The standard InChI is InChI=1S/C20H23NO4/c1-3-12-25-17-10-8-15(9-11-17)18(13-19(22)23)21-20(24)16-6-4-14(2)5-7-16/h4-11,18H,3,12-13H2,1-2H3,(H,21,24)(H,22,23). The molecule has 0 fully saturated rings. The zero-order valence-corrected chi connectivity index (χ0v) is 14.5. The Morgan fingerprint density at radius 1 is 1.08 bits per heavy atom. The molecule has 2 aromatic rings. The fourth-order valence-corrected chi connectivity index (χ4v) is 2.39. The zero-order valence-electron chi connectivity index (χ0n) is 14.5. The van der Waals surface area contributed by atoms with Crippen molar-refractivity contribution in [2.45, 2.75) is 32.7 Å². The van der Waals surface area contributed by atoms with E-state index in [4.69, 9.17) is 9.84 Å². The smallest absolute Gasteiger partial charge is 0.305 e. The largest absolute Gasteiger partial charge is 0.494 e. The van der Waals surface area contributed by atoms with Crippen molar-refractivity contribution in [3.63, 3.8) is 0 Å². The van der Waals surface area contributed by atoms with Gasteiger partial charge in [0, 0.05) is 5.56 Å².